The maximum absolute atomic E-state index is 12.8. The van der Waals surface area contributed by atoms with Crippen LogP contribution in [0.2, 0.25) is 0 Å². The van der Waals surface area contributed by atoms with Crippen molar-refractivity contribution in [1.29, 1.82) is 0 Å². The van der Waals surface area contributed by atoms with Crippen LogP contribution in [-0.2, 0) is 13.0 Å². The summed E-state index contributed by atoms with van der Waals surface area (Å²) in [5.41, 5.74) is 3.51. The summed E-state index contributed by atoms with van der Waals surface area (Å²) in [4.78, 5) is 14.6. The molecule has 2 aromatic carbocycles. The van der Waals surface area contributed by atoms with Crippen molar-refractivity contribution in [3.8, 4) is 11.5 Å². The first-order chi connectivity index (χ1) is 14.2. The van der Waals surface area contributed by atoms with Crippen LogP contribution >= 0.6 is 0 Å². The molecule has 0 atom stereocenters. The highest BCUT2D eigenvalue weighted by molar-refractivity contribution is 5.92. The molecule has 0 saturated carbocycles. The molecule has 1 aromatic heterocycles. The van der Waals surface area contributed by atoms with Crippen LogP contribution in [0.3, 0.4) is 0 Å². The normalized spacial score (nSPS) is 12.8. The number of carbonyl (C=O) groups is 1. The van der Waals surface area contributed by atoms with Crippen molar-refractivity contribution in [2.75, 3.05) is 26.1 Å². The molecule has 4 rings (SSSR count). The third-order valence-electron chi connectivity index (χ3n) is 4.97. The minimum absolute atomic E-state index is 0.113. The van der Waals surface area contributed by atoms with Gasteiger partial charge >= 0.3 is 0 Å². The number of anilines is 2. The van der Waals surface area contributed by atoms with Gasteiger partial charge in [0.15, 0.2) is 11.5 Å². The third-order valence-corrected chi connectivity index (χ3v) is 4.97. The number of nitrogens with zero attached hydrogens (tertiary/aromatic N) is 3. The summed E-state index contributed by atoms with van der Waals surface area (Å²) < 4.78 is 10.6. The number of nitrogens with one attached hydrogen (secondary N) is 1. The van der Waals surface area contributed by atoms with Crippen LogP contribution < -0.4 is 14.8 Å². The number of hydrogen-bond donors (Lipinski definition) is 1. The van der Waals surface area contributed by atoms with Gasteiger partial charge in [-0.1, -0.05) is 24.3 Å². The molecule has 0 radical (unpaired) electrons. The third kappa shape index (κ3) is 3.99. The van der Waals surface area contributed by atoms with E-state index in [1.807, 2.05) is 29.2 Å². The number of rotatable bonds is 5. The quantitative estimate of drug-likeness (QED) is 0.719. The van der Waals surface area contributed by atoms with Crippen molar-refractivity contribution in [3.05, 3.63) is 71.4 Å². The molecule has 148 valence electrons. The Hall–Kier alpha value is -3.61. The summed E-state index contributed by atoms with van der Waals surface area (Å²) in [5.74, 6) is 1.74. The van der Waals surface area contributed by atoms with E-state index in [0.717, 1.165) is 6.42 Å². The van der Waals surface area contributed by atoms with Crippen LogP contribution in [0.5, 0.6) is 11.5 Å². The number of amides is 1. The second kappa shape index (κ2) is 8.18. The number of benzene rings is 2. The lowest BCUT2D eigenvalue weighted by atomic mass is 10.00. The first kappa shape index (κ1) is 18.7. The second-order valence-electron chi connectivity index (χ2n) is 6.74. The molecular weight excluding hydrogens is 368 g/mol. The monoisotopic (exact) mass is 390 g/mol. The molecule has 1 aliphatic heterocycles. The van der Waals surface area contributed by atoms with Gasteiger partial charge in [0.2, 0.25) is 0 Å². The van der Waals surface area contributed by atoms with E-state index < -0.39 is 0 Å². The van der Waals surface area contributed by atoms with Gasteiger partial charge in [-0.05, 0) is 41.8 Å². The molecule has 1 aliphatic rings. The van der Waals surface area contributed by atoms with Gasteiger partial charge in [-0.2, -0.15) is 0 Å². The van der Waals surface area contributed by atoms with Gasteiger partial charge < -0.3 is 19.7 Å². The van der Waals surface area contributed by atoms with Gasteiger partial charge in [0, 0.05) is 19.2 Å². The number of methoxy groups -OCH3 is 2. The first-order valence-corrected chi connectivity index (χ1v) is 9.37. The molecule has 0 spiro atoms. The molecule has 3 aromatic rings. The average Bonchev–Trinajstić information content (AvgIpc) is 2.78. The van der Waals surface area contributed by atoms with Gasteiger partial charge in [0.25, 0.3) is 5.91 Å². The van der Waals surface area contributed by atoms with Crippen molar-refractivity contribution in [3.63, 3.8) is 0 Å². The summed E-state index contributed by atoms with van der Waals surface area (Å²) >= 11 is 0. The van der Waals surface area contributed by atoms with Crippen molar-refractivity contribution in [1.82, 2.24) is 15.1 Å². The zero-order valence-electron chi connectivity index (χ0n) is 16.4. The number of hydrogen-bond acceptors (Lipinski definition) is 6. The molecule has 1 amide bonds. The minimum Gasteiger partial charge on any atom is -0.497 e. The van der Waals surface area contributed by atoms with Gasteiger partial charge in [0.1, 0.15) is 11.5 Å². The maximum Gasteiger partial charge on any atom is 0.274 e. The van der Waals surface area contributed by atoms with E-state index in [2.05, 4.69) is 27.6 Å². The fourth-order valence-corrected chi connectivity index (χ4v) is 3.39. The highest BCUT2D eigenvalue weighted by Crippen LogP contribution is 2.31. The van der Waals surface area contributed by atoms with Crippen molar-refractivity contribution >= 4 is 17.4 Å². The lowest BCUT2D eigenvalue weighted by molar-refractivity contribution is 0.0727. The van der Waals surface area contributed by atoms with Crippen LogP contribution in [0.15, 0.2) is 54.6 Å². The number of fused-ring (bicyclic) bond motifs is 1. The summed E-state index contributed by atoms with van der Waals surface area (Å²) in [6.07, 6.45) is 0.852. The van der Waals surface area contributed by atoms with E-state index >= 15 is 0 Å². The summed E-state index contributed by atoms with van der Waals surface area (Å²) in [6, 6.07) is 17.1. The topological polar surface area (TPSA) is 76.6 Å². The molecule has 1 N–H and O–H groups in total. The predicted octanol–water partition coefficient (Wildman–Crippen LogP) is 3.44. The predicted molar refractivity (Wildman–Crippen MR) is 110 cm³/mol. The maximum atomic E-state index is 12.8. The van der Waals surface area contributed by atoms with Crippen molar-refractivity contribution in [2.45, 2.75) is 13.0 Å². The second-order valence-corrected chi connectivity index (χ2v) is 6.74. The molecule has 0 unspecified atom stereocenters. The van der Waals surface area contributed by atoms with Crippen LogP contribution in [0.25, 0.3) is 0 Å². The van der Waals surface area contributed by atoms with Gasteiger partial charge in [0.05, 0.1) is 19.9 Å². The Morgan fingerprint density at radius 2 is 1.83 bits per heavy atom. The Balaban J connectivity index is 1.48. The SMILES string of the molecule is COc1ccc(OC)c(Nc2ccc(C(=O)N3CCc4ccccc4C3)nn2)c1. The summed E-state index contributed by atoms with van der Waals surface area (Å²) in [6.45, 7) is 1.27. The van der Waals surface area contributed by atoms with Gasteiger partial charge in [-0.15, -0.1) is 10.2 Å². The number of aromatic nitrogens is 2. The average molecular weight is 390 g/mol. The highest BCUT2D eigenvalue weighted by Gasteiger charge is 2.22. The molecular formula is C22H22N4O3. The molecule has 7 heteroatoms. The zero-order chi connectivity index (χ0) is 20.2. The lowest BCUT2D eigenvalue weighted by Gasteiger charge is -2.28. The smallest absolute Gasteiger partial charge is 0.274 e. The Bertz CT molecular complexity index is 1020. The van der Waals surface area contributed by atoms with Gasteiger partial charge in [-0.3, -0.25) is 4.79 Å². The molecule has 7 nitrogen and oxygen atoms in total. The molecule has 0 aliphatic carbocycles. The lowest BCUT2D eigenvalue weighted by Crippen LogP contribution is -2.36. The van der Waals surface area contributed by atoms with E-state index in [4.69, 9.17) is 9.47 Å². The Morgan fingerprint density at radius 1 is 1.00 bits per heavy atom. The van der Waals surface area contributed by atoms with Crippen LogP contribution in [0.1, 0.15) is 21.6 Å². The number of carbonyl (C=O) groups excluding carboxylic acids is 1. The van der Waals surface area contributed by atoms with Crippen molar-refractivity contribution < 1.29 is 14.3 Å². The molecule has 2 heterocycles. The van der Waals surface area contributed by atoms with E-state index in [9.17, 15) is 4.79 Å². The van der Waals surface area contributed by atoms with Gasteiger partial charge in [-0.25, -0.2) is 0 Å². The van der Waals surface area contributed by atoms with E-state index in [1.54, 1.807) is 32.4 Å². The van der Waals surface area contributed by atoms with E-state index in [0.29, 0.717) is 41.8 Å². The highest BCUT2D eigenvalue weighted by atomic mass is 16.5. The fraction of sp³-hybridized carbons (Fsp3) is 0.227. The molecule has 0 fully saturated rings. The zero-order valence-corrected chi connectivity index (χ0v) is 16.4. The molecule has 0 bridgehead atoms. The van der Waals surface area contributed by atoms with Crippen LogP contribution in [-0.4, -0.2) is 41.8 Å². The number of ether oxygens (including phenoxy) is 2. The first-order valence-electron chi connectivity index (χ1n) is 9.37. The van der Waals surface area contributed by atoms with Crippen LogP contribution in [0.4, 0.5) is 11.5 Å². The fourth-order valence-electron chi connectivity index (χ4n) is 3.39. The Kier molecular flexibility index (Phi) is 5.29. The summed E-state index contributed by atoms with van der Waals surface area (Å²) in [5, 5.41) is 11.4. The van der Waals surface area contributed by atoms with E-state index in [1.165, 1.54) is 11.1 Å². The largest absolute Gasteiger partial charge is 0.497 e. The Morgan fingerprint density at radius 3 is 2.55 bits per heavy atom. The molecule has 29 heavy (non-hydrogen) atoms. The van der Waals surface area contributed by atoms with Crippen LogP contribution in [0, 0.1) is 0 Å². The Labute approximate surface area is 169 Å². The standard InChI is InChI=1S/C22H22N4O3/c1-28-17-7-9-20(29-2)19(13-17)23-21-10-8-18(24-25-21)22(27)26-12-11-15-5-3-4-6-16(15)14-26/h3-10,13H,11-12,14H2,1-2H3,(H,23,25). The van der Waals surface area contributed by atoms with E-state index in [-0.39, 0.29) is 5.91 Å². The minimum atomic E-state index is -0.113. The van der Waals surface area contributed by atoms with Crippen molar-refractivity contribution in [2.24, 2.45) is 0 Å². The summed E-state index contributed by atoms with van der Waals surface area (Å²) in [7, 11) is 3.20. The molecule has 0 saturated heterocycles.